The first-order valence-corrected chi connectivity index (χ1v) is 10.9. The van der Waals surface area contributed by atoms with Gasteiger partial charge >= 0.3 is 0 Å². The molecule has 2 aromatic carbocycles. The molecule has 1 heterocycles. The summed E-state index contributed by atoms with van der Waals surface area (Å²) in [6, 6.07) is 17.8. The van der Waals surface area contributed by atoms with E-state index in [1.165, 1.54) is 0 Å². The van der Waals surface area contributed by atoms with Gasteiger partial charge in [0.15, 0.2) is 0 Å². The molecule has 1 N–H and O–H groups in total. The number of amides is 2. The third-order valence-corrected chi connectivity index (χ3v) is 6.53. The number of nitrogens with zero attached hydrogens (tertiary/aromatic N) is 1. The molecule has 30 heavy (non-hydrogen) atoms. The summed E-state index contributed by atoms with van der Waals surface area (Å²) in [4.78, 5) is 28.1. The van der Waals surface area contributed by atoms with Crippen molar-refractivity contribution in [2.45, 2.75) is 38.1 Å². The fourth-order valence-corrected chi connectivity index (χ4v) is 4.79. The summed E-state index contributed by atoms with van der Waals surface area (Å²) >= 11 is 0. The third-order valence-electron chi connectivity index (χ3n) is 6.53. The van der Waals surface area contributed by atoms with Crippen LogP contribution in [-0.2, 0) is 16.1 Å². The molecule has 5 heteroatoms. The molecule has 2 fully saturated rings. The van der Waals surface area contributed by atoms with E-state index in [9.17, 15) is 9.59 Å². The summed E-state index contributed by atoms with van der Waals surface area (Å²) in [6.07, 6.45) is 4.22. The second-order valence-electron chi connectivity index (χ2n) is 8.41. The molecule has 0 spiro atoms. The van der Waals surface area contributed by atoms with E-state index in [0.29, 0.717) is 19.6 Å². The molecule has 2 amide bonds. The van der Waals surface area contributed by atoms with Crippen LogP contribution in [0.4, 0.5) is 0 Å². The van der Waals surface area contributed by atoms with Gasteiger partial charge in [-0.2, -0.15) is 0 Å². The number of methoxy groups -OCH3 is 1. The van der Waals surface area contributed by atoms with Gasteiger partial charge in [0.2, 0.25) is 11.8 Å². The van der Waals surface area contributed by atoms with Crippen molar-refractivity contribution < 1.29 is 14.3 Å². The zero-order valence-corrected chi connectivity index (χ0v) is 17.5. The zero-order chi connectivity index (χ0) is 20.9. The van der Waals surface area contributed by atoms with Crippen LogP contribution in [0.2, 0.25) is 0 Å². The summed E-state index contributed by atoms with van der Waals surface area (Å²) in [6.45, 7) is 1.60. The number of ether oxygens (including phenoxy) is 1. The number of carbonyl (C=O) groups excluding carboxylic acids is 2. The van der Waals surface area contributed by atoms with Gasteiger partial charge < -0.3 is 15.0 Å². The molecule has 4 rings (SSSR count). The Morgan fingerprint density at radius 3 is 2.37 bits per heavy atom. The average molecular weight is 407 g/mol. The second kappa shape index (κ2) is 9.33. The first kappa shape index (κ1) is 20.5. The zero-order valence-electron chi connectivity index (χ0n) is 17.5. The van der Waals surface area contributed by atoms with Crippen molar-refractivity contribution in [3.05, 3.63) is 65.7 Å². The van der Waals surface area contributed by atoms with Crippen LogP contribution >= 0.6 is 0 Å². The number of likely N-dealkylation sites (tertiary alicyclic amines) is 1. The number of benzene rings is 2. The Labute approximate surface area is 178 Å². The fourth-order valence-electron chi connectivity index (χ4n) is 4.79. The first-order chi connectivity index (χ1) is 14.7. The quantitative estimate of drug-likeness (QED) is 0.795. The lowest BCUT2D eigenvalue weighted by atomic mass is 9.88. The van der Waals surface area contributed by atoms with Crippen LogP contribution in [0.25, 0.3) is 0 Å². The van der Waals surface area contributed by atoms with Crippen LogP contribution < -0.4 is 10.1 Å². The highest BCUT2D eigenvalue weighted by Crippen LogP contribution is 2.36. The minimum atomic E-state index is -0.243. The maximum atomic E-state index is 13.1. The topological polar surface area (TPSA) is 58.6 Å². The molecule has 1 saturated carbocycles. The largest absolute Gasteiger partial charge is 0.497 e. The summed E-state index contributed by atoms with van der Waals surface area (Å²) in [5.74, 6) is 0.920. The summed E-state index contributed by atoms with van der Waals surface area (Å²) in [7, 11) is 1.65. The Hall–Kier alpha value is -2.82. The van der Waals surface area contributed by atoms with Crippen LogP contribution in [0.1, 0.15) is 42.7 Å². The van der Waals surface area contributed by atoms with E-state index in [1.807, 2.05) is 59.5 Å². The van der Waals surface area contributed by atoms with Crippen molar-refractivity contribution >= 4 is 11.8 Å². The Morgan fingerprint density at radius 2 is 1.70 bits per heavy atom. The van der Waals surface area contributed by atoms with Gasteiger partial charge in [-0.1, -0.05) is 55.3 Å². The van der Waals surface area contributed by atoms with Crippen molar-refractivity contribution in [3.63, 3.8) is 0 Å². The number of nitrogens with one attached hydrogen (secondary N) is 1. The van der Waals surface area contributed by atoms with Crippen molar-refractivity contribution in [1.29, 1.82) is 0 Å². The molecular weight excluding hydrogens is 376 g/mol. The second-order valence-corrected chi connectivity index (χ2v) is 8.41. The minimum absolute atomic E-state index is 0.00275. The molecule has 1 aliphatic carbocycles. The smallest absolute Gasteiger partial charge is 0.225 e. The minimum Gasteiger partial charge on any atom is -0.497 e. The molecule has 2 unspecified atom stereocenters. The Bertz CT molecular complexity index is 860. The maximum Gasteiger partial charge on any atom is 0.225 e. The summed E-state index contributed by atoms with van der Waals surface area (Å²) in [5.41, 5.74) is 2.15. The Kier molecular flexibility index (Phi) is 6.36. The SMILES string of the molecule is COc1ccc(C2CN(C(=O)C3CCCC3)CC2C(=O)NCc2ccccc2)cc1. The Morgan fingerprint density at radius 1 is 1.00 bits per heavy atom. The van der Waals surface area contributed by atoms with Crippen molar-refractivity contribution in [1.82, 2.24) is 10.2 Å². The Balaban J connectivity index is 1.50. The van der Waals surface area contributed by atoms with E-state index >= 15 is 0 Å². The van der Waals surface area contributed by atoms with Gasteiger partial charge in [0.05, 0.1) is 13.0 Å². The lowest BCUT2D eigenvalue weighted by Crippen LogP contribution is -2.36. The molecule has 1 saturated heterocycles. The highest BCUT2D eigenvalue weighted by molar-refractivity contribution is 5.84. The predicted molar refractivity (Wildman–Crippen MR) is 116 cm³/mol. The third kappa shape index (κ3) is 4.50. The van der Waals surface area contributed by atoms with Gasteiger partial charge in [0.1, 0.15) is 5.75 Å². The number of rotatable bonds is 6. The molecule has 5 nitrogen and oxygen atoms in total. The van der Waals surface area contributed by atoms with Gasteiger partial charge in [-0.25, -0.2) is 0 Å². The van der Waals surface area contributed by atoms with Crippen molar-refractivity contribution in [3.8, 4) is 5.75 Å². The standard InChI is InChI=1S/C25H30N2O3/c1-30-21-13-11-19(12-14-21)22-16-27(25(29)20-9-5-6-10-20)17-23(22)24(28)26-15-18-7-3-2-4-8-18/h2-4,7-8,11-14,20,22-23H,5-6,9-10,15-17H2,1H3,(H,26,28). The van der Waals surface area contributed by atoms with E-state index in [4.69, 9.17) is 4.74 Å². The summed E-state index contributed by atoms with van der Waals surface area (Å²) < 4.78 is 5.28. The molecule has 0 aromatic heterocycles. The highest BCUT2D eigenvalue weighted by atomic mass is 16.5. The lowest BCUT2D eigenvalue weighted by Gasteiger charge is -2.20. The summed E-state index contributed by atoms with van der Waals surface area (Å²) in [5, 5.41) is 3.09. The van der Waals surface area contributed by atoms with Crippen LogP contribution in [0.15, 0.2) is 54.6 Å². The first-order valence-electron chi connectivity index (χ1n) is 10.9. The van der Waals surface area contributed by atoms with E-state index < -0.39 is 0 Å². The molecule has 158 valence electrons. The van der Waals surface area contributed by atoms with Gasteiger partial charge in [0, 0.05) is 31.5 Å². The van der Waals surface area contributed by atoms with Crippen LogP contribution in [0.3, 0.4) is 0 Å². The van der Waals surface area contributed by atoms with Gasteiger partial charge in [-0.05, 0) is 36.1 Å². The molecule has 2 atom stereocenters. The van der Waals surface area contributed by atoms with Crippen LogP contribution in [0.5, 0.6) is 5.75 Å². The van der Waals surface area contributed by atoms with Gasteiger partial charge in [-0.3, -0.25) is 9.59 Å². The van der Waals surface area contributed by atoms with Crippen LogP contribution in [-0.4, -0.2) is 36.9 Å². The normalized spacial score (nSPS) is 21.6. The number of carbonyl (C=O) groups is 2. The average Bonchev–Trinajstić information content (AvgIpc) is 3.48. The fraction of sp³-hybridized carbons (Fsp3) is 0.440. The molecule has 1 aliphatic heterocycles. The van der Waals surface area contributed by atoms with Crippen molar-refractivity contribution in [2.75, 3.05) is 20.2 Å². The lowest BCUT2D eigenvalue weighted by molar-refractivity contribution is -0.134. The number of hydrogen-bond donors (Lipinski definition) is 1. The molecule has 0 bridgehead atoms. The van der Waals surface area contributed by atoms with Crippen LogP contribution in [0, 0.1) is 11.8 Å². The molecule has 2 aliphatic rings. The van der Waals surface area contributed by atoms with Gasteiger partial charge in [0.25, 0.3) is 0 Å². The van der Waals surface area contributed by atoms with E-state index in [1.54, 1.807) is 7.11 Å². The van der Waals surface area contributed by atoms with Crippen molar-refractivity contribution in [2.24, 2.45) is 11.8 Å². The van der Waals surface area contributed by atoms with E-state index in [-0.39, 0.29) is 29.6 Å². The molecule has 2 aromatic rings. The van der Waals surface area contributed by atoms with E-state index in [0.717, 1.165) is 42.6 Å². The monoisotopic (exact) mass is 406 g/mol. The number of hydrogen-bond acceptors (Lipinski definition) is 3. The van der Waals surface area contributed by atoms with Gasteiger partial charge in [-0.15, -0.1) is 0 Å². The predicted octanol–water partition coefficient (Wildman–Crippen LogP) is 3.74. The molecule has 0 radical (unpaired) electrons. The maximum absolute atomic E-state index is 13.1. The highest BCUT2D eigenvalue weighted by Gasteiger charge is 2.42. The molecular formula is C25H30N2O3. The van der Waals surface area contributed by atoms with E-state index in [2.05, 4.69) is 5.32 Å².